The third-order valence-corrected chi connectivity index (χ3v) is 2.33. The summed E-state index contributed by atoms with van der Waals surface area (Å²) in [5, 5.41) is 7.68. The minimum Gasteiger partial charge on any atom is -0.373 e. The Hall–Kier alpha value is 0.540. The van der Waals surface area contributed by atoms with Crippen molar-refractivity contribution in [3.63, 3.8) is 0 Å². The van der Waals surface area contributed by atoms with Crippen LogP contribution in [-0.4, -0.2) is 15.0 Å². The van der Waals surface area contributed by atoms with Crippen LogP contribution in [0.4, 0.5) is 0 Å². The second-order valence-electron chi connectivity index (χ2n) is 2.13. The highest BCUT2D eigenvalue weighted by Crippen LogP contribution is 2.55. The number of alkyl halides is 2. The summed E-state index contributed by atoms with van der Waals surface area (Å²) in [5.74, 6) is 0. The lowest BCUT2D eigenvalue weighted by Gasteiger charge is -1.98. The molecule has 0 amide bonds. The van der Waals surface area contributed by atoms with Crippen molar-refractivity contribution in [3.05, 3.63) is 0 Å². The fourth-order valence-corrected chi connectivity index (χ4v) is 0.925. The molecule has 1 saturated carbocycles. The predicted octanol–water partition coefficient (Wildman–Crippen LogP) is 1.31. The normalized spacial score (nSPS) is 60.0. The van der Waals surface area contributed by atoms with Gasteiger partial charge in [0.15, 0.2) is 5.06 Å². The van der Waals surface area contributed by atoms with Crippen molar-refractivity contribution in [1.29, 1.82) is 0 Å². The van der Waals surface area contributed by atoms with Gasteiger partial charge in [-0.25, -0.2) is 0 Å². The maximum absolute atomic E-state index is 8.79. The zero-order valence-electron chi connectivity index (χ0n) is 3.91. The highest BCUT2D eigenvalue weighted by molar-refractivity contribution is 6.38. The smallest absolute Gasteiger partial charge is 0.159 e. The van der Waals surface area contributed by atoms with Crippen LogP contribution in [0.3, 0.4) is 0 Å². The lowest BCUT2D eigenvalue weighted by Crippen LogP contribution is -2.07. The molecule has 0 aromatic rings. The van der Waals surface area contributed by atoms with Crippen molar-refractivity contribution in [1.82, 2.24) is 0 Å². The summed E-state index contributed by atoms with van der Waals surface area (Å²) in [6, 6.07) is 0. The predicted molar refractivity (Wildman–Crippen MR) is 29.7 cm³/mol. The molecule has 1 rings (SSSR count). The SMILES string of the molecule is CC1(Cl)CC1(O)Cl. The third kappa shape index (κ3) is 0.735. The van der Waals surface area contributed by atoms with E-state index in [4.69, 9.17) is 28.3 Å². The molecule has 1 aliphatic rings. The van der Waals surface area contributed by atoms with Crippen LogP contribution in [0.25, 0.3) is 0 Å². The van der Waals surface area contributed by atoms with Gasteiger partial charge in [-0.05, 0) is 6.92 Å². The molecule has 0 bridgehead atoms. The Labute approximate surface area is 52.2 Å². The summed E-state index contributed by atoms with van der Waals surface area (Å²) in [6.45, 7) is 1.71. The molecule has 2 atom stereocenters. The van der Waals surface area contributed by atoms with E-state index in [1.807, 2.05) is 0 Å². The van der Waals surface area contributed by atoms with Gasteiger partial charge in [0.25, 0.3) is 0 Å². The molecule has 1 aliphatic carbocycles. The molecular weight excluding hydrogens is 135 g/mol. The van der Waals surface area contributed by atoms with Gasteiger partial charge in [-0.1, -0.05) is 11.6 Å². The first-order valence-corrected chi connectivity index (χ1v) is 2.81. The molecule has 1 nitrogen and oxygen atoms in total. The summed E-state index contributed by atoms with van der Waals surface area (Å²) in [4.78, 5) is -0.561. The first-order chi connectivity index (χ1) is 2.96. The topological polar surface area (TPSA) is 20.2 Å². The van der Waals surface area contributed by atoms with Crippen molar-refractivity contribution in [2.75, 3.05) is 0 Å². The van der Waals surface area contributed by atoms with Crippen LogP contribution in [0.2, 0.25) is 0 Å². The van der Waals surface area contributed by atoms with Crippen molar-refractivity contribution in [2.24, 2.45) is 0 Å². The minimum atomic E-state index is -1.12. The largest absolute Gasteiger partial charge is 0.373 e. The molecule has 3 heteroatoms. The quantitative estimate of drug-likeness (QED) is 0.504. The van der Waals surface area contributed by atoms with E-state index >= 15 is 0 Å². The van der Waals surface area contributed by atoms with Crippen molar-refractivity contribution >= 4 is 23.2 Å². The second kappa shape index (κ2) is 1.09. The second-order valence-corrected chi connectivity index (χ2v) is 3.59. The molecule has 0 heterocycles. The fraction of sp³-hybridized carbons (Fsp3) is 1.00. The molecule has 1 fully saturated rings. The van der Waals surface area contributed by atoms with Gasteiger partial charge in [0.1, 0.15) is 0 Å². The maximum atomic E-state index is 8.79. The summed E-state index contributed by atoms with van der Waals surface area (Å²) in [6.07, 6.45) is 0.489. The Bertz CT molecular complexity index is 85.9. The van der Waals surface area contributed by atoms with Crippen LogP contribution in [0.5, 0.6) is 0 Å². The van der Waals surface area contributed by atoms with Crippen molar-refractivity contribution in [2.45, 2.75) is 23.3 Å². The number of rotatable bonds is 0. The molecule has 0 radical (unpaired) electrons. The first-order valence-electron chi connectivity index (χ1n) is 2.06. The first kappa shape index (κ1) is 5.67. The third-order valence-electron chi connectivity index (χ3n) is 1.24. The Morgan fingerprint density at radius 3 is 1.71 bits per heavy atom. The van der Waals surface area contributed by atoms with Gasteiger partial charge in [-0.2, -0.15) is 0 Å². The molecule has 0 aromatic heterocycles. The average Bonchev–Trinajstić information content (AvgIpc) is 1.63. The lowest BCUT2D eigenvalue weighted by molar-refractivity contribution is 0.226. The molecule has 42 valence electrons. The Kier molecular flexibility index (Phi) is 0.887. The van der Waals surface area contributed by atoms with Gasteiger partial charge in [0, 0.05) is 6.42 Å². The van der Waals surface area contributed by atoms with E-state index < -0.39 is 9.93 Å². The van der Waals surface area contributed by atoms with Crippen molar-refractivity contribution in [3.8, 4) is 0 Å². The molecule has 7 heavy (non-hydrogen) atoms. The zero-order chi connectivity index (χ0) is 5.71. The number of halogens is 2. The highest BCUT2D eigenvalue weighted by atomic mass is 35.5. The molecule has 0 saturated heterocycles. The van der Waals surface area contributed by atoms with E-state index in [1.165, 1.54) is 0 Å². The van der Waals surface area contributed by atoms with Gasteiger partial charge in [-0.15, -0.1) is 11.6 Å². The maximum Gasteiger partial charge on any atom is 0.159 e. The molecule has 0 aromatic carbocycles. The van der Waals surface area contributed by atoms with E-state index in [0.717, 1.165) is 0 Å². The summed E-state index contributed by atoms with van der Waals surface area (Å²) >= 11 is 10.9. The van der Waals surface area contributed by atoms with Crippen LogP contribution in [0.1, 0.15) is 13.3 Å². The van der Waals surface area contributed by atoms with Crippen LogP contribution < -0.4 is 0 Å². The zero-order valence-corrected chi connectivity index (χ0v) is 5.42. The Morgan fingerprint density at radius 1 is 1.57 bits per heavy atom. The van der Waals surface area contributed by atoms with E-state index in [-0.39, 0.29) is 0 Å². The summed E-state index contributed by atoms with van der Waals surface area (Å²) < 4.78 is 0. The van der Waals surface area contributed by atoms with Crippen LogP contribution in [0, 0.1) is 0 Å². The van der Waals surface area contributed by atoms with Gasteiger partial charge >= 0.3 is 0 Å². The van der Waals surface area contributed by atoms with E-state index in [9.17, 15) is 0 Å². The van der Waals surface area contributed by atoms with Gasteiger partial charge in [0.2, 0.25) is 0 Å². The van der Waals surface area contributed by atoms with E-state index in [2.05, 4.69) is 0 Å². The minimum absolute atomic E-state index is 0.489. The standard InChI is InChI=1S/C4H6Cl2O/c1-3(5)2-4(3,6)7/h7H,2H2,1H3. The summed E-state index contributed by atoms with van der Waals surface area (Å²) in [5.41, 5.74) is 0. The number of hydrogen-bond donors (Lipinski definition) is 1. The number of hydrogen-bond acceptors (Lipinski definition) is 1. The monoisotopic (exact) mass is 140 g/mol. The van der Waals surface area contributed by atoms with Crippen LogP contribution in [-0.2, 0) is 0 Å². The van der Waals surface area contributed by atoms with Gasteiger partial charge in [0.05, 0.1) is 4.87 Å². The van der Waals surface area contributed by atoms with E-state index in [1.54, 1.807) is 6.92 Å². The molecule has 0 spiro atoms. The Morgan fingerprint density at radius 2 is 1.71 bits per heavy atom. The molecular formula is C4H6Cl2O. The molecule has 1 N–H and O–H groups in total. The van der Waals surface area contributed by atoms with Crippen molar-refractivity contribution < 1.29 is 5.11 Å². The molecule has 2 unspecified atom stereocenters. The average molecular weight is 141 g/mol. The fourth-order valence-electron chi connectivity index (χ4n) is 0.396. The number of aliphatic hydroxyl groups is 1. The molecule has 0 aliphatic heterocycles. The van der Waals surface area contributed by atoms with Crippen LogP contribution in [0.15, 0.2) is 0 Å². The van der Waals surface area contributed by atoms with Gasteiger partial charge in [-0.3, -0.25) is 0 Å². The van der Waals surface area contributed by atoms with Gasteiger partial charge < -0.3 is 5.11 Å². The summed E-state index contributed by atoms with van der Waals surface area (Å²) in [7, 11) is 0. The van der Waals surface area contributed by atoms with E-state index in [0.29, 0.717) is 6.42 Å². The Balaban J connectivity index is 2.59. The highest BCUT2D eigenvalue weighted by Gasteiger charge is 2.62. The lowest BCUT2D eigenvalue weighted by atomic mass is 10.5. The van der Waals surface area contributed by atoms with Crippen LogP contribution >= 0.6 is 23.2 Å².